The third-order valence-corrected chi connectivity index (χ3v) is 3.08. The van der Waals surface area contributed by atoms with E-state index >= 15 is 0 Å². The Morgan fingerprint density at radius 3 is 2.13 bits per heavy atom. The van der Waals surface area contributed by atoms with Crippen LogP contribution < -0.4 is 9.47 Å². The lowest BCUT2D eigenvalue weighted by Gasteiger charge is -2.11. The van der Waals surface area contributed by atoms with E-state index in [9.17, 15) is 9.59 Å². The number of aryl methyl sites for hydroxylation is 1. The second-order valence-electron chi connectivity index (χ2n) is 4.77. The Hall–Kier alpha value is -3.14. The first-order valence-electron chi connectivity index (χ1n) is 6.93. The lowest BCUT2D eigenvalue weighted by Crippen LogP contribution is -2.06. The van der Waals surface area contributed by atoms with Gasteiger partial charge in [0, 0.05) is 23.8 Å². The molecule has 0 aliphatic carbocycles. The molecule has 0 spiro atoms. The van der Waals surface area contributed by atoms with E-state index in [-0.39, 0.29) is 11.5 Å². The third kappa shape index (κ3) is 4.17. The number of carbonyl (C=O) groups is 2. The summed E-state index contributed by atoms with van der Waals surface area (Å²) in [7, 11) is 0. The van der Waals surface area contributed by atoms with Crippen molar-refractivity contribution in [2.75, 3.05) is 0 Å². The Labute approximate surface area is 134 Å². The van der Waals surface area contributed by atoms with E-state index < -0.39 is 11.9 Å². The van der Waals surface area contributed by atoms with Crippen molar-refractivity contribution in [2.24, 2.45) is 0 Å². The Morgan fingerprint density at radius 1 is 0.913 bits per heavy atom. The van der Waals surface area contributed by atoms with Crippen LogP contribution in [0.1, 0.15) is 5.56 Å². The van der Waals surface area contributed by atoms with Gasteiger partial charge < -0.3 is 9.47 Å². The summed E-state index contributed by atoms with van der Waals surface area (Å²) in [6.07, 6.45) is 2.13. The topological polar surface area (TPSA) is 52.6 Å². The van der Waals surface area contributed by atoms with Crippen molar-refractivity contribution in [3.05, 3.63) is 73.3 Å². The summed E-state index contributed by atoms with van der Waals surface area (Å²) in [4.78, 5) is 22.8. The van der Waals surface area contributed by atoms with Crippen molar-refractivity contribution in [1.82, 2.24) is 0 Å². The van der Waals surface area contributed by atoms with Crippen molar-refractivity contribution in [1.29, 1.82) is 0 Å². The van der Waals surface area contributed by atoms with Crippen LogP contribution in [-0.4, -0.2) is 11.9 Å². The van der Waals surface area contributed by atoms with Crippen LogP contribution >= 0.6 is 0 Å². The number of esters is 2. The fraction of sp³-hybridized carbons (Fsp3) is 0.0526. The SMILES string of the molecule is C=CC(=O)Oc1ccc(-c2ccc(C)cc2)c(OC(=O)C=C)c1. The van der Waals surface area contributed by atoms with Gasteiger partial charge in [-0.3, -0.25) is 0 Å². The van der Waals surface area contributed by atoms with Gasteiger partial charge >= 0.3 is 11.9 Å². The molecular formula is C19H16O4. The fourth-order valence-electron chi connectivity index (χ4n) is 1.93. The van der Waals surface area contributed by atoms with E-state index in [4.69, 9.17) is 9.47 Å². The highest BCUT2D eigenvalue weighted by atomic mass is 16.5. The number of rotatable bonds is 5. The molecule has 116 valence electrons. The van der Waals surface area contributed by atoms with E-state index in [1.165, 1.54) is 6.07 Å². The van der Waals surface area contributed by atoms with Gasteiger partial charge in [-0.2, -0.15) is 0 Å². The number of hydrogen-bond donors (Lipinski definition) is 0. The van der Waals surface area contributed by atoms with Gasteiger partial charge in [-0.1, -0.05) is 43.0 Å². The van der Waals surface area contributed by atoms with Gasteiger partial charge in [0.1, 0.15) is 11.5 Å². The summed E-state index contributed by atoms with van der Waals surface area (Å²) in [5.41, 5.74) is 2.71. The van der Waals surface area contributed by atoms with Gasteiger partial charge in [0.25, 0.3) is 0 Å². The molecule has 0 saturated heterocycles. The molecule has 0 unspecified atom stereocenters. The van der Waals surface area contributed by atoms with Gasteiger partial charge in [0.2, 0.25) is 0 Å². The van der Waals surface area contributed by atoms with Gasteiger partial charge in [-0.25, -0.2) is 9.59 Å². The van der Waals surface area contributed by atoms with Crippen molar-refractivity contribution in [3.63, 3.8) is 0 Å². The van der Waals surface area contributed by atoms with E-state index in [0.717, 1.165) is 23.3 Å². The fourth-order valence-corrected chi connectivity index (χ4v) is 1.93. The summed E-state index contributed by atoms with van der Waals surface area (Å²) >= 11 is 0. The van der Waals surface area contributed by atoms with Crippen LogP contribution in [0.15, 0.2) is 67.8 Å². The minimum absolute atomic E-state index is 0.262. The average molecular weight is 308 g/mol. The molecule has 0 atom stereocenters. The summed E-state index contributed by atoms with van der Waals surface area (Å²) in [5.74, 6) is -0.634. The normalized spacial score (nSPS) is 9.78. The molecule has 2 aromatic rings. The highest BCUT2D eigenvalue weighted by Gasteiger charge is 2.12. The number of benzene rings is 2. The van der Waals surface area contributed by atoms with Crippen LogP contribution in [0, 0.1) is 6.92 Å². The summed E-state index contributed by atoms with van der Waals surface area (Å²) in [6.45, 7) is 8.71. The van der Waals surface area contributed by atoms with Crippen LogP contribution in [0.25, 0.3) is 11.1 Å². The highest BCUT2D eigenvalue weighted by molar-refractivity contribution is 5.86. The first kappa shape index (κ1) is 16.2. The number of ether oxygens (including phenoxy) is 2. The van der Waals surface area contributed by atoms with Crippen molar-refractivity contribution >= 4 is 11.9 Å². The molecule has 0 fully saturated rings. The largest absolute Gasteiger partial charge is 0.423 e. The Balaban J connectivity index is 2.45. The molecule has 23 heavy (non-hydrogen) atoms. The van der Waals surface area contributed by atoms with Gasteiger partial charge in [-0.05, 0) is 24.6 Å². The monoisotopic (exact) mass is 308 g/mol. The molecule has 4 nitrogen and oxygen atoms in total. The van der Waals surface area contributed by atoms with Gasteiger partial charge in [-0.15, -0.1) is 0 Å². The first-order chi connectivity index (χ1) is 11.0. The highest BCUT2D eigenvalue weighted by Crippen LogP contribution is 2.34. The molecule has 0 bridgehead atoms. The van der Waals surface area contributed by atoms with Crippen molar-refractivity contribution < 1.29 is 19.1 Å². The summed E-state index contributed by atoms with van der Waals surface area (Å²) in [5, 5.41) is 0. The zero-order valence-corrected chi connectivity index (χ0v) is 12.7. The van der Waals surface area contributed by atoms with Crippen LogP contribution in [-0.2, 0) is 9.59 Å². The Kier molecular flexibility index (Phi) is 5.10. The molecule has 0 amide bonds. The molecule has 0 heterocycles. The van der Waals surface area contributed by atoms with Crippen molar-refractivity contribution in [3.8, 4) is 22.6 Å². The molecule has 0 aliphatic rings. The number of hydrogen-bond acceptors (Lipinski definition) is 4. The van der Waals surface area contributed by atoms with Crippen LogP contribution in [0.3, 0.4) is 0 Å². The van der Waals surface area contributed by atoms with Crippen LogP contribution in [0.5, 0.6) is 11.5 Å². The minimum Gasteiger partial charge on any atom is -0.423 e. The molecule has 0 saturated carbocycles. The summed E-state index contributed by atoms with van der Waals surface area (Å²) in [6, 6.07) is 12.6. The first-order valence-corrected chi connectivity index (χ1v) is 6.93. The predicted octanol–water partition coefficient (Wildman–Crippen LogP) is 3.84. The second-order valence-corrected chi connectivity index (χ2v) is 4.77. The number of carbonyl (C=O) groups excluding carboxylic acids is 2. The smallest absolute Gasteiger partial charge is 0.335 e. The third-order valence-electron chi connectivity index (χ3n) is 3.08. The summed E-state index contributed by atoms with van der Waals surface area (Å²) < 4.78 is 10.3. The van der Waals surface area contributed by atoms with E-state index in [2.05, 4.69) is 13.2 Å². The molecule has 2 aromatic carbocycles. The lowest BCUT2D eigenvalue weighted by atomic mass is 10.0. The average Bonchev–Trinajstić information content (AvgIpc) is 2.56. The zero-order valence-electron chi connectivity index (χ0n) is 12.7. The van der Waals surface area contributed by atoms with E-state index in [1.807, 2.05) is 31.2 Å². The molecule has 2 rings (SSSR count). The minimum atomic E-state index is -0.592. The van der Waals surface area contributed by atoms with Gasteiger partial charge in [0.15, 0.2) is 0 Å². The van der Waals surface area contributed by atoms with E-state index in [1.54, 1.807) is 12.1 Å². The Morgan fingerprint density at radius 2 is 1.52 bits per heavy atom. The van der Waals surface area contributed by atoms with Gasteiger partial charge in [0.05, 0.1) is 0 Å². The molecule has 4 heteroatoms. The zero-order chi connectivity index (χ0) is 16.8. The Bertz CT molecular complexity index is 757. The van der Waals surface area contributed by atoms with Crippen LogP contribution in [0.2, 0.25) is 0 Å². The molecule has 0 radical (unpaired) electrons. The molecule has 0 aromatic heterocycles. The lowest BCUT2D eigenvalue weighted by molar-refractivity contribution is -0.129. The quantitative estimate of drug-likeness (QED) is 0.478. The maximum Gasteiger partial charge on any atom is 0.335 e. The second kappa shape index (κ2) is 7.22. The standard InChI is InChI=1S/C19H16O4/c1-4-18(20)22-15-10-11-16(14-8-6-13(3)7-9-14)17(12-15)23-19(21)5-2/h4-12H,1-2H2,3H3. The molecule has 0 N–H and O–H groups in total. The van der Waals surface area contributed by atoms with Crippen molar-refractivity contribution in [2.45, 2.75) is 6.92 Å². The predicted molar refractivity (Wildman–Crippen MR) is 88.3 cm³/mol. The maximum atomic E-state index is 11.5. The molecular weight excluding hydrogens is 292 g/mol. The van der Waals surface area contributed by atoms with Crippen LogP contribution in [0.4, 0.5) is 0 Å². The maximum absolute atomic E-state index is 11.5. The van der Waals surface area contributed by atoms with E-state index in [0.29, 0.717) is 5.56 Å². The molecule has 0 aliphatic heterocycles.